The Bertz CT molecular complexity index is 259. The molecule has 2 N–H and O–H groups in total. The van der Waals surface area contributed by atoms with Crippen LogP contribution >= 0.6 is 15.9 Å². The number of carbonyl (C=O) groups excluding carboxylic acids is 1. The van der Waals surface area contributed by atoms with Gasteiger partial charge in [0.2, 0.25) is 0 Å². The lowest BCUT2D eigenvalue weighted by atomic mass is 10.4. The van der Waals surface area contributed by atoms with Gasteiger partial charge in [-0.05, 0) is 22.0 Å². The number of aromatic nitrogens is 1. The molecule has 5 heteroatoms. The molecular weight excluding hydrogens is 212 g/mol. The van der Waals surface area contributed by atoms with Crippen molar-refractivity contribution in [2.45, 2.75) is 0 Å². The van der Waals surface area contributed by atoms with Crippen molar-refractivity contribution in [3.63, 3.8) is 0 Å². The standard InChI is InChI=1S/C6H7BrN2O2/c1-8-11-6(10)5-4(7)2-3-9-5/h2-3,8-9H,1H3. The number of hydrogen-bond acceptors (Lipinski definition) is 3. The van der Waals surface area contributed by atoms with Crippen LogP contribution < -0.4 is 5.48 Å². The molecule has 1 aromatic rings. The maximum atomic E-state index is 11.0. The van der Waals surface area contributed by atoms with Crippen LogP contribution in [0.3, 0.4) is 0 Å². The number of H-pyrrole nitrogens is 1. The SMILES string of the molecule is CNOC(=O)c1[nH]ccc1Br. The Kier molecular flexibility index (Phi) is 2.67. The lowest BCUT2D eigenvalue weighted by molar-refractivity contribution is 0.0302. The molecule has 1 rings (SSSR count). The van der Waals surface area contributed by atoms with Crippen LogP contribution in [0.2, 0.25) is 0 Å². The third-order valence-electron chi connectivity index (χ3n) is 1.10. The van der Waals surface area contributed by atoms with E-state index in [1.165, 1.54) is 7.05 Å². The molecule has 0 saturated heterocycles. The van der Waals surface area contributed by atoms with Gasteiger partial charge in [0.1, 0.15) is 5.69 Å². The van der Waals surface area contributed by atoms with Crippen molar-refractivity contribution in [1.29, 1.82) is 0 Å². The molecule has 0 aliphatic rings. The highest BCUT2D eigenvalue weighted by molar-refractivity contribution is 9.10. The van der Waals surface area contributed by atoms with E-state index in [9.17, 15) is 4.79 Å². The average molecular weight is 219 g/mol. The number of carbonyl (C=O) groups is 1. The Balaban J connectivity index is 2.76. The molecule has 0 aliphatic carbocycles. The van der Waals surface area contributed by atoms with Gasteiger partial charge < -0.3 is 9.82 Å². The fourth-order valence-corrected chi connectivity index (χ4v) is 1.06. The van der Waals surface area contributed by atoms with Crippen LogP contribution in [0, 0.1) is 0 Å². The first-order chi connectivity index (χ1) is 5.25. The molecule has 0 bridgehead atoms. The van der Waals surface area contributed by atoms with E-state index in [4.69, 9.17) is 0 Å². The molecule has 0 aromatic carbocycles. The van der Waals surface area contributed by atoms with Gasteiger partial charge in [-0.25, -0.2) is 4.79 Å². The van der Waals surface area contributed by atoms with Gasteiger partial charge in [0, 0.05) is 13.2 Å². The van der Waals surface area contributed by atoms with E-state index in [1.54, 1.807) is 12.3 Å². The van der Waals surface area contributed by atoms with E-state index >= 15 is 0 Å². The first-order valence-corrected chi connectivity index (χ1v) is 3.76. The zero-order valence-corrected chi connectivity index (χ0v) is 7.44. The Labute approximate surface area is 72.0 Å². The van der Waals surface area contributed by atoms with E-state index in [1.807, 2.05) is 0 Å². The first-order valence-electron chi connectivity index (χ1n) is 2.96. The van der Waals surface area contributed by atoms with Crippen LogP contribution in [0.15, 0.2) is 16.7 Å². The van der Waals surface area contributed by atoms with Gasteiger partial charge in [-0.3, -0.25) is 0 Å². The summed E-state index contributed by atoms with van der Waals surface area (Å²) >= 11 is 3.18. The summed E-state index contributed by atoms with van der Waals surface area (Å²) in [5, 5.41) is 0. The molecule has 60 valence electrons. The zero-order chi connectivity index (χ0) is 8.27. The predicted molar refractivity (Wildman–Crippen MR) is 43.0 cm³/mol. The summed E-state index contributed by atoms with van der Waals surface area (Å²) in [6.07, 6.45) is 1.65. The van der Waals surface area contributed by atoms with Crippen molar-refractivity contribution in [3.8, 4) is 0 Å². The summed E-state index contributed by atoms with van der Waals surface area (Å²) in [4.78, 5) is 18.2. The Morgan fingerprint density at radius 1 is 1.82 bits per heavy atom. The van der Waals surface area contributed by atoms with Crippen LogP contribution in [0.4, 0.5) is 0 Å². The highest BCUT2D eigenvalue weighted by Crippen LogP contribution is 2.14. The van der Waals surface area contributed by atoms with Gasteiger partial charge in [0.25, 0.3) is 0 Å². The van der Waals surface area contributed by atoms with Crippen LogP contribution in [-0.2, 0) is 4.84 Å². The molecule has 0 aliphatic heterocycles. The van der Waals surface area contributed by atoms with Crippen LogP contribution in [-0.4, -0.2) is 18.0 Å². The van der Waals surface area contributed by atoms with E-state index in [-0.39, 0.29) is 0 Å². The largest absolute Gasteiger partial charge is 0.374 e. The topological polar surface area (TPSA) is 54.1 Å². The third-order valence-corrected chi connectivity index (χ3v) is 1.76. The fourth-order valence-electron chi connectivity index (χ4n) is 0.651. The van der Waals surface area contributed by atoms with Gasteiger partial charge in [-0.1, -0.05) is 0 Å². The second-order valence-electron chi connectivity index (χ2n) is 1.79. The van der Waals surface area contributed by atoms with Crippen LogP contribution in [0.1, 0.15) is 10.5 Å². The molecule has 0 spiro atoms. The molecule has 0 atom stereocenters. The Hall–Kier alpha value is -0.810. The zero-order valence-electron chi connectivity index (χ0n) is 5.85. The van der Waals surface area contributed by atoms with Gasteiger partial charge in [-0.2, -0.15) is 5.48 Å². The Morgan fingerprint density at radius 2 is 2.55 bits per heavy atom. The maximum Gasteiger partial charge on any atom is 0.374 e. The highest BCUT2D eigenvalue weighted by atomic mass is 79.9. The molecule has 11 heavy (non-hydrogen) atoms. The fraction of sp³-hybridized carbons (Fsp3) is 0.167. The van der Waals surface area contributed by atoms with Gasteiger partial charge in [0.05, 0.1) is 4.47 Å². The smallest absolute Gasteiger partial charge is 0.366 e. The number of nitrogens with one attached hydrogen (secondary N) is 2. The number of aromatic amines is 1. The molecule has 1 heterocycles. The monoisotopic (exact) mass is 218 g/mol. The quantitative estimate of drug-likeness (QED) is 0.731. The van der Waals surface area contributed by atoms with Crippen molar-refractivity contribution in [1.82, 2.24) is 10.5 Å². The summed E-state index contributed by atoms with van der Waals surface area (Å²) in [6.45, 7) is 0. The minimum Gasteiger partial charge on any atom is -0.366 e. The summed E-state index contributed by atoms with van der Waals surface area (Å²) in [7, 11) is 1.52. The highest BCUT2D eigenvalue weighted by Gasteiger charge is 2.11. The molecule has 0 unspecified atom stereocenters. The maximum absolute atomic E-state index is 11.0. The van der Waals surface area contributed by atoms with Gasteiger partial charge in [-0.15, -0.1) is 0 Å². The lowest BCUT2D eigenvalue weighted by Crippen LogP contribution is -2.15. The minimum absolute atomic E-state index is 0.402. The summed E-state index contributed by atoms with van der Waals surface area (Å²) in [5.41, 5.74) is 2.69. The molecule has 4 nitrogen and oxygen atoms in total. The lowest BCUT2D eigenvalue weighted by Gasteiger charge is -1.98. The predicted octanol–water partition coefficient (Wildman–Crippen LogP) is 1.07. The molecule has 0 fully saturated rings. The number of halogens is 1. The first kappa shape index (κ1) is 8.29. The normalized spacial score (nSPS) is 9.64. The minimum atomic E-state index is -0.440. The third kappa shape index (κ3) is 1.81. The van der Waals surface area contributed by atoms with Crippen molar-refractivity contribution in [2.75, 3.05) is 7.05 Å². The number of rotatable bonds is 2. The van der Waals surface area contributed by atoms with Crippen molar-refractivity contribution >= 4 is 21.9 Å². The van der Waals surface area contributed by atoms with E-state index in [2.05, 4.69) is 31.2 Å². The second-order valence-corrected chi connectivity index (χ2v) is 2.65. The summed E-state index contributed by atoms with van der Waals surface area (Å²) in [5.74, 6) is -0.440. The van der Waals surface area contributed by atoms with Crippen molar-refractivity contribution in [3.05, 3.63) is 22.4 Å². The van der Waals surface area contributed by atoms with Gasteiger partial charge >= 0.3 is 5.97 Å². The summed E-state index contributed by atoms with van der Waals surface area (Å²) < 4.78 is 0.692. The summed E-state index contributed by atoms with van der Waals surface area (Å²) in [6, 6.07) is 1.73. The average Bonchev–Trinajstić information content (AvgIpc) is 2.36. The van der Waals surface area contributed by atoms with Gasteiger partial charge in [0.15, 0.2) is 0 Å². The van der Waals surface area contributed by atoms with E-state index in [0.29, 0.717) is 10.2 Å². The Morgan fingerprint density at radius 3 is 3.00 bits per heavy atom. The second kappa shape index (κ2) is 3.54. The van der Waals surface area contributed by atoms with E-state index < -0.39 is 5.97 Å². The molecule has 0 radical (unpaired) electrons. The van der Waals surface area contributed by atoms with Crippen LogP contribution in [0.5, 0.6) is 0 Å². The van der Waals surface area contributed by atoms with Crippen molar-refractivity contribution < 1.29 is 9.63 Å². The molecule has 1 aromatic heterocycles. The number of hydroxylamine groups is 1. The van der Waals surface area contributed by atoms with Crippen LogP contribution in [0.25, 0.3) is 0 Å². The molecular formula is C6H7BrN2O2. The molecule has 0 amide bonds. The number of hydrogen-bond donors (Lipinski definition) is 2. The van der Waals surface area contributed by atoms with E-state index in [0.717, 1.165) is 0 Å². The molecule has 0 saturated carbocycles. The van der Waals surface area contributed by atoms with Crippen molar-refractivity contribution in [2.24, 2.45) is 0 Å².